The highest BCUT2D eigenvalue weighted by Gasteiger charge is 2.32. The zero-order chi connectivity index (χ0) is 25.1. The van der Waals surface area contributed by atoms with Crippen molar-refractivity contribution in [3.05, 3.63) is 71.4 Å². The highest BCUT2D eigenvalue weighted by atomic mass is 19.1. The first-order valence-electron chi connectivity index (χ1n) is 11.6. The summed E-state index contributed by atoms with van der Waals surface area (Å²) in [5, 5.41) is 0. The summed E-state index contributed by atoms with van der Waals surface area (Å²) >= 11 is 0. The standard InChI is InChI=1S/C27H28F2N2O4/c1-4-35-27(33)19-6-5-13-30(16-19)26(32)22-15-25(18-7-10-21(34-3)11-8-18)31(17(22)2)24-12-9-20(28)14-23(24)29/h7-12,14-15,19H,4-6,13,16H2,1-3H3. The van der Waals surface area contributed by atoms with Gasteiger partial charge in [-0.25, -0.2) is 8.78 Å². The lowest BCUT2D eigenvalue weighted by molar-refractivity contribution is -0.149. The molecule has 1 atom stereocenters. The largest absolute Gasteiger partial charge is 0.497 e. The molecule has 35 heavy (non-hydrogen) atoms. The number of rotatable bonds is 6. The molecule has 1 unspecified atom stereocenters. The number of carbonyl (C=O) groups excluding carboxylic acids is 2. The lowest BCUT2D eigenvalue weighted by atomic mass is 9.97. The Balaban J connectivity index is 1.77. The van der Waals surface area contributed by atoms with E-state index in [1.165, 1.54) is 12.1 Å². The second-order valence-corrected chi connectivity index (χ2v) is 8.53. The molecule has 0 N–H and O–H groups in total. The van der Waals surface area contributed by atoms with Crippen molar-refractivity contribution < 1.29 is 27.8 Å². The summed E-state index contributed by atoms with van der Waals surface area (Å²) in [6.45, 7) is 4.56. The molecule has 6 nitrogen and oxygen atoms in total. The Hall–Kier alpha value is -3.68. The van der Waals surface area contributed by atoms with Gasteiger partial charge in [0.2, 0.25) is 0 Å². The number of likely N-dealkylation sites (tertiary alicyclic amines) is 1. The molecule has 0 spiro atoms. The Morgan fingerprint density at radius 3 is 2.49 bits per heavy atom. The number of ether oxygens (including phenoxy) is 2. The number of benzene rings is 2. The molecule has 1 fully saturated rings. The van der Waals surface area contributed by atoms with Crippen molar-refractivity contribution in [1.29, 1.82) is 0 Å². The van der Waals surface area contributed by atoms with Gasteiger partial charge in [-0.15, -0.1) is 0 Å². The number of nitrogens with zero attached hydrogens (tertiary/aromatic N) is 2. The van der Waals surface area contributed by atoms with E-state index in [9.17, 15) is 18.4 Å². The molecule has 1 amide bonds. The van der Waals surface area contributed by atoms with Gasteiger partial charge >= 0.3 is 5.97 Å². The molecule has 1 aromatic heterocycles. The summed E-state index contributed by atoms with van der Waals surface area (Å²) in [6, 6.07) is 12.3. The zero-order valence-corrected chi connectivity index (χ0v) is 20.0. The van der Waals surface area contributed by atoms with Crippen molar-refractivity contribution in [2.45, 2.75) is 26.7 Å². The quantitative estimate of drug-likeness (QED) is 0.456. The second-order valence-electron chi connectivity index (χ2n) is 8.53. The Morgan fingerprint density at radius 2 is 1.83 bits per heavy atom. The number of esters is 1. The molecule has 1 aliphatic heterocycles. The van der Waals surface area contributed by atoms with Crippen molar-refractivity contribution >= 4 is 11.9 Å². The molecule has 1 saturated heterocycles. The Morgan fingerprint density at radius 1 is 1.09 bits per heavy atom. The van der Waals surface area contributed by atoms with Crippen LogP contribution < -0.4 is 4.74 Å². The van der Waals surface area contributed by atoms with Crippen LogP contribution in [0.25, 0.3) is 16.9 Å². The first-order valence-corrected chi connectivity index (χ1v) is 11.6. The number of halogens is 2. The molecule has 184 valence electrons. The van der Waals surface area contributed by atoms with E-state index in [4.69, 9.17) is 9.47 Å². The van der Waals surface area contributed by atoms with E-state index in [2.05, 4.69) is 0 Å². The van der Waals surface area contributed by atoms with Gasteiger partial charge in [0, 0.05) is 24.8 Å². The first kappa shape index (κ1) is 24.4. The van der Waals surface area contributed by atoms with Crippen molar-refractivity contribution in [2.75, 3.05) is 26.8 Å². The minimum atomic E-state index is -0.738. The molecule has 2 aromatic carbocycles. The predicted molar refractivity (Wildman–Crippen MR) is 128 cm³/mol. The van der Waals surface area contributed by atoms with Crippen LogP contribution in [0.3, 0.4) is 0 Å². The molecule has 1 aliphatic rings. The predicted octanol–water partition coefficient (Wildman–Crippen LogP) is 5.15. The number of aromatic nitrogens is 1. The monoisotopic (exact) mass is 482 g/mol. The summed E-state index contributed by atoms with van der Waals surface area (Å²) < 4.78 is 40.5. The van der Waals surface area contributed by atoms with E-state index < -0.39 is 11.6 Å². The van der Waals surface area contributed by atoms with Gasteiger partial charge in [0.25, 0.3) is 5.91 Å². The number of carbonyl (C=O) groups is 2. The summed E-state index contributed by atoms with van der Waals surface area (Å²) in [5.74, 6) is -1.68. The average molecular weight is 483 g/mol. The van der Waals surface area contributed by atoms with Crippen LogP contribution >= 0.6 is 0 Å². The van der Waals surface area contributed by atoms with Crippen LogP contribution in [0.5, 0.6) is 5.75 Å². The van der Waals surface area contributed by atoms with Crippen molar-refractivity contribution in [3.63, 3.8) is 0 Å². The van der Waals surface area contributed by atoms with Gasteiger partial charge in [0.05, 0.1) is 36.6 Å². The fraction of sp³-hybridized carbons (Fsp3) is 0.333. The van der Waals surface area contributed by atoms with Crippen LogP contribution in [0, 0.1) is 24.5 Å². The van der Waals surface area contributed by atoms with Gasteiger partial charge in [-0.1, -0.05) is 0 Å². The van der Waals surface area contributed by atoms with E-state index in [0.717, 1.165) is 11.6 Å². The number of methoxy groups -OCH3 is 1. The Bertz CT molecular complexity index is 1240. The highest BCUT2D eigenvalue weighted by molar-refractivity contribution is 5.97. The maximum Gasteiger partial charge on any atom is 0.310 e. The van der Waals surface area contributed by atoms with Crippen LogP contribution in [-0.4, -0.2) is 48.1 Å². The topological polar surface area (TPSA) is 60.8 Å². The lowest BCUT2D eigenvalue weighted by Gasteiger charge is -2.31. The molecule has 0 bridgehead atoms. The van der Waals surface area contributed by atoms with Gasteiger partial charge in [-0.3, -0.25) is 9.59 Å². The van der Waals surface area contributed by atoms with E-state index in [1.54, 1.807) is 48.6 Å². The zero-order valence-electron chi connectivity index (χ0n) is 20.0. The highest BCUT2D eigenvalue weighted by Crippen LogP contribution is 2.33. The van der Waals surface area contributed by atoms with Gasteiger partial charge in [-0.2, -0.15) is 0 Å². The molecule has 0 saturated carbocycles. The third-order valence-corrected chi connectivity index (χ3v) is 6.34. The first-order chi connectivity index (χ1) is 16.8. The van der Waals surface area contributed by atoms with Crippen LogP contribution in [0.2, 0.25) is 0 Å². The van der Waals surface area contributed by atoms with Crippen molar-refractivity contribution in [1.82, 2.24) is 9.47 Å². The average Bonchev–Trinajstić information content (AvgIpc) is 3.20. The SMILES string of the molecule is CCOC(=O)C1CCCN(C(=O)c2cc(-c3ccc(OC)cc3)n(-c3ccc(F)cc3F)c2C)C1. The molecule has 4 rings (SSSR count). The van der Waals surface area contributed by atoms with Crippen molar-refractivity contribution in [2.24, 2.45) is 5.92 Å². The summed E-state index contributed by atoms with van der Waals surface area (Å²) in [4.78, 5) is 27.5. The van der Waals surface area contributed by atoms with E-state index >= 15 is 0 Å². The molecule has 3 aromatic rings. The van der Waals surface area contributed by atoms with Crippen LogP contribution in [0.1, 0.15) is 35.8 Å². The van der Waals surface area contributed by atoms with Gasteiger partial charge < -0.3 is 18.9 Å². The van der Waals surface area contributed by atoms with E-state index in [-0.39, 0.29) is 30.0 Å². The van der Waals surface area contributed by atoms with E-state index in [1.807, 2.05) is 12.1 Å². The molecule has 8 heteroatoms. The van der Waals surface area contributed by atoms with Gasteiger partial charge in [0.1, 0.15) is 17.4 Å². The Kier molecular flexibility index (Phi) is 7.19. The van der Waals surface area contributed by atoms with Crippen LogP contribution in [0.4, 0.5) is 8.78 Å². The van der Waals surface area contributed by atoms with Crippen LogP contribution in [0.15, 0.2) is 48.5 Å². The number of piperidine rings is 1. The third kappa shape index (κ3) is 4.92. The van der Waals surface area contributed by atoms with Gasteiger partial charge in [0.15, 0.2) is 0 Å². The molecule has 2 heterocycles. The minimum absolute atomic E-state index is 0.136. The number of hydrogen-bond acceptors (Lipinski definition) is 4. The molecular weight excluding hydrogens is 454 g/mol. The maximum atomic E-state index is 14.9. The molecule has 0 radical (unpaired) electrons. The lowest BCUT2D eigenvalue weighted by Crippen LogP contribution is -2.43. The number of hydrogen-bond donors (Lipinski definition) is 0. The normalized spacial score (nSPS) is 15.7. The van der Waals surface area contributed by atoms with Crippen molar-refractivity contribution in [3.8, 4) is 22.7 Å². The molecular formula is C27H28F2N2O4. The minimum Gasteiger partial charge on any atom is -0.497 e. The smallest absolute Gasteiger partial charge is 0.310 e. The summed E-state index contributed by atoms with van der Waals surface area (Å²) in [5.41, 5.74) is 2.36. The maximum absolute atomic E-state index is 14.9. The van der Waals surface area contributed by atoms with Gasteiger partial charge in [-0.05, 0) is 74.7 Å². The fourth-order valence-corrected chi connectivity index (χ4v) is 4.56. The third-order valence-electron chi connectivity index (χ3n) is 6.34. The van der Waals surface area contributed by atoms with E-state index in [0.29, 0.717) is 48.7 Å². The Labute approximate surface area is 203 Å². The number of amides is 1. The summed E-state index contributed by atoms with van der Waals surface area (Å²) in [7, 11) is 1.56. The fourth-order valence-electron chi connectivity index (χ4n) is 4.56. The van der Waals surface area contributed by atoms with Crippen LogP contribution in [-0.2, 0) is 9.53 Å². The molecule has 0 aliphatic carbocycles. The second kappa shape index (κ2) is 10.3. The summed E-state index contributed by atoms with van der Waals surface area (Å²) in [6.07, 6.45) is 1.35.